The zero-order chi connectivity index (χ0) is 11.5. The molecule has 0 saturated carbocycles. The average molecular weight is 270 g/mol. The molecule has 0 spiro atoms. The molecule has 0 N–H and O–H groups in total. The lowest BCUT2D eigenvalue weighted by Gasteiger charge is -2.02. The molecule has 2 aromatic rings. The van der Waals surface area contributed by atoms with E-state index in [2.05, 4.69) is 30.5 Å². The Morgan fingerprint density at radius 3 is 1.31 bits per heavy atom. The summed E-state index contributed by atoms with van der Waals surface area (Å²) in [4.78, 5) is 2.57. The number of hydrogen-bond acceptors (Lipinski definition) is 0. The number of rotatable bonds is 2. The Morgan fingerprint density at radius 1 is 0.688 bits per heavy atom. The number of hydrogen-bond donors (Lipinski definition) is 0. The van der Waals surface area contributed by atoms with Gasteiger partial charge in [-0.2, -0.15) is 0 Å². The van der Waals surface area contributed by atoms with Gasteiger partial charge in [-0.3, -0.25) is 0 Å². The van der Waals surface area contributed by atoms with Gasteiger partial charge in [0.1, 0.15) is 6.26 Å². The van der Waals surface area contributed by atoms with Crippen LogP contribution in [0.5, 0.6) is 0 Å². The van der Waals surface area contributed by atoms with Gasteiger partial charge in [-0.25, -0.2) is 0 Å². The first-order chi connectivity index (χ1) is 7.66. The lowest BCUT2D eigenvalue weighted by molar-refractivity contribution is 1.38. The minimum absolute atomic E-state index is 0.0694. The van der Waals surface area contributed by atoms with Gasteiger partial charge in [0.25, 0.3) is 0 Å². The van der Waals surface area contributed by atoms with E-state index >= 15 is 0 Å². The van der Waals surface area contributed by atoms with Gasteiger partial charge in [-0.1, -0.05) is 23.2 Å². The van der Waals surface area contributed by atoms with E-state index in [0.717, 1.165) is 10.0 Å². The molecule has 0 fully saturated rings. The third-order valence-electron chi connectivity index (χ3n) is 2.33. The third kappa shape index (κ3) is 2.73. The van der Waals surface area contributed by atoms with Gasteiger partial charge >= 0.3 is 0 Å². The molecule has 0 nitrogen and oxygen atoms in total. The molecule has 0 aromatic heterocycles. The topological polar surface area (TPSA) is 0 Å². The van der Waals surface area contributed by atoms with E-state index in [0.29, 0.717) is 0 Å². The number of benzene rings is 2. The van der Waals surface area contributed by atoms with Crippen molar-refractivity contribution >= 4 is 34.1 Å². The van der Waals surface area contributed by atoms with E-state index in [4.69, 9.17) is 23.2 Å². The lowest BCUT2D eigenvalue weighted by Crippen LogP contribution is -1.99. The summed E-state index contributed by atoms with van der Waals surface area (Å²) in [7, 11) is 0.0694. The second-order valence-electron chi connectivity index (χ2n) is 3.42. The summed E-state index contributed by atoms with van der Waals surface area (Å²) in [6, 6.07) is 16.0. The van der Waals surface area contributed by atoms with Crippen LogP contribution in [0.15, 0.2) is 58.3 Å². The highest BCUT2D eigenvalue weighted by Crippen LogP contribution is 2.23. The molecule has 0 aliphatic rings. The van der Waals surface area contributed by atoms with Crippen LogP contribution in [0.2, 0.25) is 10.0 Å². The van der Waals surface area contributed by atoms with E-state index < -0.39 is 0 Å². The molecule has 0 heterocycles. The Labute approximate surface area is 109 Å². The molecule has 0 unspecified atom stereocenters. The van der Waals surface area contributed by atoms with Crippen molar-refractivity contribution in [2.75, 3.05) is 6.26 Å². The maximum absolute atomic E-state index is 5.87. The first-order valence-corrected chi connectivity index (χ1v) is 7.23. The largest absolute Gasteiger partial charge is 0.160 e. The molecule has 82 valence electrons. The molecule has 0 aliphatic carbocycles. The third-order valence-corrected chi connectivity index (χ3v) is 4.80. The maximum Gasteiger partial charge on any atom is 0.160 e. The van der Waals surface area contributed by atoms with Gasteiger partial charge in [0.05, 0.1) is 10.9 Å². The molecule has 0 aliphatic heterocycles. The Morgan fingerprint density at radius 2 is 1.00 bits per heavy atom. The van der Waals surface area contributed by atoms with Gasteiger partial charge in [0.15, 0.2) is 9.79 Å². The quantitative estimate of drug-likeness (QED) is 0.696. The Kier molecular flexibility index (Phi) is 3.80. The SMILES string of the molecule is C[S+](c1ccc(Cl)cc1)c1ccc(Cl)cc1. The molecule has 0 saturated heterocycles. The molecule has 0 atom stereocenters. The first kappa shape index (κ1) is 11.8. The molecule has 2 rings (SSSR count). The Balaban J connectivity index is 2.28. The fourth-order valence-corrected chi connectivity index (χ4v) is 3.03. The molecule has 16 heavy (non-hydrogen) atoms. The zero-order valence-electron chi connectivity index (χ0n) is 8.78. The van der Waals surface area contributed by atoms with E-state index in [1.807, 2.05) is 24.3 Å². The summed E-state index contributed by atoms with van der Waals surface area (Å²) in [6.07, 6.45) is 2.20. The first-order valence-electron chi connectivity index (χ1n) is 4.84. The summed E-state index contributed by atoms with van der Waals surface area (Å²) >= 11 is 11.7. The van der Waals surface area contributed by atoms with Crippen LogP contribution in [0.25, 0.3) is 0 Å². The minimum atomic E-state index is 0.0694. The normalized spacial score (nSPS) is 10.8. The van der Waals surface area contributed by atoms with Crippen molar-refractivity contribution in [3.05, 3.63) is 58.6 Å². The zero-order valence-corrected chi connectivity index (χ0v) is 11.1. The van der Waals surface area contributed by atoms with Crippen LogP contribution < -0.4 is 0 Å². The molecular formula is C13H11Cl2S+. The second-order valence-corrected chi connectivity index (χ2v) is 6.25. The summed E-state index contributed by atoms with van der Waals surface area (Å²) < 4.78 is 0. The Hall–Kier alpha value is -0.630. The Bertz CT molecular complexity index is 417. The molecule has 0 amide bonds. The van der Waals surface area contributed by atoms with Crippen molar-refractivity contribution in [2.45, 2.75) is 9.79 Å². The predicted octanol–water partition coefficient (Wildman–Crippen LogP) is 4.66. The van der Waals surface area contributed by atoms with E-state index in [1.54, 1.807) is 0 Å². The highest BCUT2D eigenvalue weighted by atomic mass is 35.5. The van der Waals surface area contributed by atoms with Crippen molar-refractivity contribution in [1.82, 2.24) is 0 Å². The fraction of sp³-hybridized carbons (Fsp3) is 0.0769. The van der Waals surface area contributed by atoms with Gasteiger partial charge < -0.3 is 0 Å². The van der Waals surface area contributed by atoms with E-state index in [1.165, 1.54) is 9.79 Å². The predicted molar refractivity (Wildman–Crippen MR) is 72.7 cm³/mol. The van der Waals surface area contributed by atoms with Crippen LogP contribution in [0, 0.1) is 0 Å². The van der Waals surface area contributed by atoms with Crippen LogP contribution in [-0.4, -0.2) is 6.26 Å². The fourth-order valence-electron chi connectivity index (χ4n) is 1.41. The van der Waals surface area contributed by atoms with Crippen molar-refractivity contribution < 1.29 is 0 Å². The minimum Gasteiger partial charge on any atom is -0.0843 e. The van der Waals surface area contributed by atoms with Gasteiger partial charge in [0.2, 0.25) is 0 Å². The standard InChI is InChI=1S/C13H11Cl2S/c1-16(12-6-2-10(14)3-7-12)13-8-4-11(15)5-9-13/h2-9H,1H3/q+1. The van der Waals surface area contributed by atoms with Crippen LogP contribution in [0.1, 0.15) is 0 Å². The maximum atomic E-state index is 5.87. The van der Waals surface area contributed by atoms with Gasteiger partial charge in [0, 0.05) is 10.0 Å². The number of halogens is 2. The van der Waals surface area contributed by atoms with Crippen molar-refractivity contribution in [1.29, 1.82) is 0 Å². The highest BCUT2D eigenvalue weighted by Gasteiger charge is 2.18. The van der Waals surface area contributed by atoms with Gasteiger partial charge in [-0.05, 0) is 48.5 Å². The van der Waals surface area contributed by atoms with Crippen molar-refractivity contribution in [3.8, 4) is 0 Å². The van der Waals surface area contributed by atoms with E-state index in [-0.39, 0.29) is 10.9 Å². The van der Waals surface area contributed by atoms with Crippen LogP contribution in [-0.2, 0) is 10.9 Å². The van der Waals surface area contributed by atoms with E-state index in [9.17, 15) is 0 Å². The molecule has 2 aromatic carbocycles. The summed E-state index contributed by atoms with van der Waals surface area (Å²) in [5.74, 6) is 0. The van der Waals surface area contributed by atoms with Crippen molar-refractivity contribution in [3.63, 3.8) is 0 Å². The second kappa shape index (κ2) is 5.13. The van der Waals surface area contributed by atoms with Crippen molar-refractivity contribution in [2.24, 2.45) is 0 Å². The van der Waals surface area contributed by atoms with Gasteiger partial charge in [-0.15, -0.1) is 0 Å². The molecule has 0 bridgehead atoms. The molecule has 3 heteroatoms. The highest BCUT2D eigenvalue weighted by molar-refractivity contribution is 7.96. The molecular weight excluding hydrogens is 259 g/mol. The van der Waals surface area contributed by atoms with Crippen LogP contribution in [0.3, 0.4) is 0 Å². The van der Waals surface area contributed by atoms with Crippen LogP contribution >= 0.6 is 23.2 Å². The smallest absolute Gasteiger partial charge is 0.0843 e. The summed E-state index contributed by atoms with van der Waals surface area (Å²) in [5, 5.41) is 1.55. The lowest BCUT2D eigenvalue weighted by atomic mass is 10.4. The summed E-state index contributed by atoms with van der Waals surface area (Å²) in [6.45, 7) is 0. The monoisotopic (exact) mass is 269 g/mol. The average Bonchev–Trinajstić information content (AvgIpc) is 2.30. The summed E-state index contributed by atoms with van der Waals surface area (Å²) in [5.41, 5.74) is 0. The van der Waals surface area contributed by atoms with Crippen LogP contribution in [0.4, 0.5) is 0 Å². The molecule has 0 radical (unpaired) electrons.